The molecule has 0 radical (unpaired) electrons. The van der Waals surface area contributed by atoms with E-state index in [1.165, 1.54) is 297 Å². The van der Waals surface area contributed by atoms with Crippen LogP contribution in [0.15, 0.2) is 48.6 Å². The minimum atomic E-state index is 0.0579. The van der Waals surface area contributed by atoms with Crippen LogP contribution in [0.25, 0.3) is 11.1 Å². The zero-order chi connectivity index (χ0) is 61.5. The van der Waals surface area contributed by atoms with Gasteiger partial charge < -0.3 is 0 Å². The van der Waals surface area contributed by atoms with Gasteiger partial charge in [-0.05, 0) is 172 Å². The highest BCUT2D eigenvalue weighted by Gasteiger charge is 2.61. The molecule has 0 amide bonds. The molecule has 6 aliphatic rings. The average molecular weight is 1260 g/mol. The number of carbonyl (C=O) groups is 2. The highest BCUT2D eigenvalue weighted by molar-refractivity contribution is 7.14. The van der Waals surface area contributed by atoms with Crippen LogP contribution in [-0.4, -0.2) is 11.6 Å². The van der Waals surface area contributed by atoms with Gasteiger partial charge in [0.1, 0.15) is 11.6 Å². The number of unbranched alkanes of at least 4 members (excludes halogenated alkanes) is 28. The summed E-state index contributed by atoms with van der Waals surface area (Å²) < 4.78 is 0. The molecular weight excluding hydrogens is 1130 g/mol. The van der Waals surface area contributed by atoms with Crippen LogP contribution in [0.4, 0.5) is 0 Å². The Balaban J connectivity index is 0.975. The number of rotatable bonds is 44. The third-order valence-electron chi connectivity index (χ3n) is 24.5. The fourth-order valence-electron chi connectivity index (χ4n) is 19.7. The second-order valence-corrected chi connectivity index (χ2v) is 34.6. The SMILES string of the molecule is CCCCCCCCCCCCC(CCCCCCCC)CC1CC2C(=O)C(c3ccc(C)s3)CC2C2CC3C(CC(CCCCCCCC)CCCCCCCCCCCC)CC4C(=O)C(c5ccc(C6=CC=C(c7ccc(C)s7)C6)s5)CC4C3CC12. The summed E-state index contributed by atoms with van der Waals surface area (Å²) in [7, 11) is 0. The van der Waals surface area contributed by atoms with E-state index in [2.05, 4.69) is 90.1 Å². The molecule has 5 saturated carbocycles. The van der Waals surface area contributed by atoms with Crippen molar-refractivity contribution in [1.82, 2.24) is 0 Å². The van der Waals surface area contributed by atoms with E-state index in [-0.39, 0.29) is 23.7 Å². The minimum Gasteiger partial charge on any atom is -0.299 e. The summed E-state index contributed by atoms with van der Waals surface area (Å²) in [6.07, 6.45) is 66.0. The monoisotopic (exact) mass is 1250 g/mol. The van der Waals surface area contributed by atoms with Crippen molar-refractivity contribution in [2.75, 3.05) is 0 Å². The maximum absolute atomic E-state index is 15.7. The van der Waals surface area contributed by atoms with Gasteiger partial charge in [0.25, 0.3) is 0 Å². The van der Waals surface area contributed by atoms with Crippen molar-refractivity contribution in [3.8, 4) is 0 Å². The first kappa shape index (κ1) is 70.2. The average Bonchev–Trinajstić information content (AvgIpc) is 1.47. The zero-order valence-electron chi connectivity index (χ0n) is 57.6. The number of hydrogen-bond acceptors (Lipinski definition) is 5. The van der Waals surface area contributed by atoms with Crippen molar-refractivity contribution < 1.29 is 9.59 Å². The molecule has 3 aromatic heterocycles. The normalized spacial score (nSPS) is 27.3. The Kier molecular flexibility index (Phi) is 30.1. The maximum atomic E-state index is 15.7. The number of fused-ring (bicyclic) bond motifs is 6. The highest BCUT2D eigenvalue weighted by atomic mass is 32.1. The summed E-state index contributed by atoms with van der Waals surface area (Å²) in [4.78, 5) is 39.3. The van der Waals surface area contributed by atoms with Crippen LogP contribution in [0.3, 0.4) is 0 Å². The smallest absolute Gasteiger partial charge is 0.144 e. The predicted octanol–water partition coefficient (Wildman–Crippen LogP) is 27.1. The third kappa shape index (κ3) is 20.0. The summed E-state index contributed by atoms with van der Waals surface area (Å²) >= 11 is 5.81. The Morgan fingerprint density at radius 3 is 1.05 bits per heavy atom. The second kappa shape index (κ2) is 37.7. The molecular formula is C83H130O2S3. The molecule has 0 spiro atoms. The molecule has 0 bridgehead atoms. The third-order valence-corrected chi connectivity index (χ3v) is 28.0. The van der Waals surface area contributed by atoms with E-state index in [0.29, 0.717) is 58.9 Å². The van der Waals surface area contributed by atoms with E-state index in [1.54, 1.807) is 0 Å². The minimum absolute atomic E-state index is 0.0579. The lowest BCUT2D eigenvalue weighted by atomic mass is 9.47. The summed E-state index contributed by atoms with van der Waals surface area (Å²) in [5, 5.41) is 0. The number of allylic oxidation sites excluding steroid dienone is 4. The molecule has 3 heterocycles. The van der Waals surface area contributed by atoms with Gasteiger partial charge in [-0.2, -0.15) is 0 Å². The molecule has 3 aromatic rings. The molecule has 9 rings (SSSR count). The first-order valence-electron chi connectivity index (χ1n) is 38.9. The molecule has 6 aliphatic carbocycles. The number of carbonyl (C=O) groups excluding carboxylic acids is 2. The van der Waals surface area contributed by atoms with Crippen LogP contribution < -0.4 is 0 Å². The molecule has 0 N–H and O–H groups in total. The lowest BCUT2D eigenvalue weighted by Gasteiger charge is -2.57. The van der Waals surface area contributed by atoms with Crippen molar-refractivity contribution >= 4 is 56.7 Å². The van der Waals surface area contributed by atoms with E-state index < -0.39 is 0 Å². The molecule has 0 aliphatic heterocycles. The van der Waals surface area contributed by atoms with Crippen LogP contribution in [0.1, 0.15) is 358 Å². The standard InChI is InChI=1S/C83H130O2S3/c1-7-11-15-19-23-25-27-29-33-37-41-62(39-35-31-21-17-13-9-3)51-66-54-74-72(58-76(82(74)84)80-48-44-61(6)87-80)70-56-69-67(52-63(40-36-32-22-18-14-10-4)42-38-34-30-28-26-24-20-16-12-8-2)55-75-73(71(69)57-68(66)70)59-77(83(75)85)81-50-49-79(88-81)65-46-45-64(53-65)78-47-43-60(5)86-78/h43-50,62-63,66-77H,7-42,51-59H2,1-6H3. The van der Waals surface area contributed by atoms with E-state index >= 15 is 9.59 Å². The Bertz CT molecular complexity index is 2530. The van der Waals surface area contributed by atoms with Crippen molar-refractivity contribution in [2.45, 2.75) is 342 Å². The number of ketones is 2. The van der Waals surface area contributed by atoms with Crippen LogP contribution >= 0.6 is 34.0 Å². The van der Waals surface area contributed by atoms with Gasteiger partial charge in [-0.3, -0.25) is 9.59 Å². The molecule has 14 atom stereocenters. The van der Waals surface area contributed by atoms with Gasteiger partial charge in [0.05, 0.1) is 11.8 Å². The molecule has 5 fully saturated rings. The van der Waals surface area contributed by atoms with E-state index in [0.717, 1.165) is 43.9 Å². The second-order valence-electron chi connectivity index (χ2n) is 30.9. The Morgan fingerprint density at radius 1 is 0.352 bits per heavy atom. The zero-order valence-corrected chi connectivity index (χ0v) is 60.0. The topological polar surface area (TPSA) is 34.1 Å². The number of Topliss-reactive ketones (excluding diaryl/α,β-unsaturated/α-hetero) is 2. The quantitative estimate of drug-likeness (QED) is 0.0529. The van der Waals surface area contributed by atoms with Crippen LogP contribution in [0.2, 0.25) is 0 Å². The van der Waals surface area contributed by atoms with Gasteiger partial charge in [-0.15, -0.1) is 34.0 Å². The van der Waals surface area contributed by atoms with Gasteiger partial charge in [0.15, 0.2) is 0 Å². The largest absolute Gasteiger partial charge is 0.299 e. The summed E-state index contributed by atoms with van der Waals surface area (Å²) in [5.74, 6) is 8.51. The molecule has 0 aromatic carbocycles. The Morgan fingerprint density at radius 2 is 0.682 bits per heavy atom. The van der Waals surface area contributed by atoms with Gasteiger partial charge in [0.2, 0.25) is 0 Å². The van der Waals surface area contributed by atoms with E-state index in [4.69, 9.17) is 0 Å². The first-order valence-corrected chi connectivity index (χ1v) is 41.3. The predicted molar refractivity (Wildman–Crippen MR) is 386 cm³/mol. The first-order chi connectivity index (χ1) is 43.2. The lowest BCUT2D eigenvalue weighted by molar-refractivity contribution is -0.133. The number of thiophene rings is 3. The van der Waals surface area contributed by atoms with Crippen molar-refractivity contribution in [3.05, 3.63) is 77.8 Å². The molecule has 88 heavy (non-hydrogen) atoms. The number of aryl methyl sites for hydroxylation is 2. The van der Waals surface area contributed by atoms with Crippen molar-refractivity contribution in [3.63, 3.8) is 0 Å². The highest BCUT2D eigenvalue weighted by Crippen LogP contribution is 2.66. The molecule has 492 valence electrons. The molecule has 5 heteroatoms. The fraction of sp³-hybridized carbons (Fsp3) is 0.783. The Labute approximate surface area is 553 Å². The maximum Gasteiger partial charge on any atom is 0.144 e. The molecule has 2 nitrogen and oxygen atoms in total. The van der Waals surface area contributed by atoms with E-state index in [9.17, 15) is 0 Å². The van der Waals surface area contributed by atoms with Gasteiger partial charge in [-0.25, -0.2) is 0 Å². The van der Waals surface area contributed by atoms with Crippen molar-refractivity contribution in [1.29, 1.82) is 0 Å². The lowest BCUT2D eigenvalue weighted by Crippen LogP contribution is -2.51. The molecule has 0 saturated heterocycles. The fourth-order valence-corrected chi connectivity index (χ4v) is 22.8. The van der Waals surface area contributed by atoms with Crippen LogP contribution in [-0.2, 0) is 9.59 Å². The summed E-state index contributed by atoms with van der Waals surface area (Å²) in [6, 6.07) is 14.0. The van der Waals surface area contributed by atoms with Crippen LogP contribution in [0, 0.1) is 84.9 Å². The molecule has 14 unspecified atom stereocenters. The number of hydrogen-bond donors (Lipinski definition) is 0. The van der Waals surface area contributed by atoms with Crippen molar-refractivity contribution in [2.24, 2.45) is 71.0 Å². The van der Waals surface area contributed by atoms with Gasteiger partial charge in [0, 0.05) is 47.5 Å². The summed E-state index contributed by atoms with van der Waals surface area (Å²) in [5.41, 5.74) is 2.88. The van der Waals surface area contributed by atoms with E-state index in [1.807, 2.05) is 34.0 Å². The van der Waals surface area contributed by atoms with Gasteiger partial charge in [-0.1, -0.05) is 271 Å². The van der Waals surface area contributed by atoms with Crippen LogP contribution in [0.5, 0.6) is 0 Å². The van der Waals surface area contributed by atoms with Gasteiger partial charge >= 0.3 is 0 Å². The summed E-state index contributed by atoms with van der Waals surface area (Å²) in [6.45, 7) is 13.9. The Hall–Kier alpha value is -2.08.